The third kappa shape index (κ3) is 3.83. The number of nitrogens with one attached hydrogen (secondary N) is 3. The fourth-order valence-corrected chi connectivity index (χ4v) is 6.23. The molecular weight excluding hydrogens is 457 g/mol. The second kappa shape index (κ2) is 7.41. The molecule has 0 heterocycles. The molecule has 4 bridgehead atoms. The number of carbonyl (C=O) groups is 3. The maximum Gasteiger partial charge on any atom is 0.257 e. The standard InChI is InChI=1S/C20H24IN3O3/c21-16-4-2-1-3-15(16)18(26)22-11-17(25)23-24-19(27)20-8-12-5-13(9-20)7-14(6-12)10-20/h1-4,12-14H,5-11H2,(H,22,26)(H,23,25)(H,24,27). The van der Waals surface area contributed by atoms with E-state index in [2.05, 4.69) is 38.8 Å². The van der Waals surface area contributed by atoms with Crippen molar-refractivity contribution in [3.63, 3.8) is 0 Å². The Labute approximate surface area is 172 Å². The van der Waals surface area contributed by atoms with Gasteiger partial charge in [0.15, 0.2) is 0 Å². The molecule has 0 aromatic heterocycles. The van der Waals surface area contributed by atoms with E-state index in [-0.39, 0.29) is 23.8 Å². The van der Waals surface area contributed by atoms with Crippen LogP contribution in [-0.2, 0) is 9.59 Å². The van der Waals surface area contributed by atoms with Gasteiger partial charge in [-0.3, -0.25) is 25.2 Å². The van der Waals surface area contributed by atoms with Crippen molar-refractivity contribution in [3.8, 4) is 0 Å². The first kappa shape index (κ1) is 18.7. The lowest BCUT2D eigenvalue weighted by molar-refractivity contribution is -0.148. The second-order valence-electron chi connectivity index (χ2n) is 8.36. The molecule has 6 nitrogen and oxygen atoms in total. The molecule has 4 saturated carbocycles. The van der Waals surface area contributed by atoms with Gasteiger partial charge in [-0.2, -0.15) is 0 Å². The highest BCUT2D eigenvalue weighted by molar-refractivity contribution is 14.1. The third-order valence-corrected chi connectivity index (χ3v) is 7.30. The summed E-state index contributed by atoms with van der Waals surface area (Å²) in [5.74, 6) is 1.23. The van der Waals surface area contributed by atoms with E-state index in [1.54, 1.807) is 12.1 Å². The van der Waals surface area contributed by atoms with E-state index in [0.717, 1.165) is 22.8 Å². The Kier molecular flexibility index (Phi) is 5.13. The van der Waals surface area contributed by atoms with Gasteiger partial charge in [-0.05, 0) is 91.0 Å². The minimum atomic E-state index is -0.424. The zero-order valence-corrected chi connectivity index (χ0v) is 17.3. The first-order valence-corrected chi connectivity index (χ1v) is 10.6. The van der Waals surface area contributed by atoms with Crippen molar-refractivity contribution in [1.29, 1.82) is 0 Å². The van der Waals surface area contributed by atoms with Crippen LogP contribution in [0.15, 0.2) is 24.3 Å². The fraction of sp³-hybridized carbons (Fsp3) is 0.550. The number of hydrazine groups is 1. The molecule has 0 radical (unpaired) electrons. The molecular formula is C20H24IN3O3. The average molecular weight is 481 g/mol. The minimum absolute atomic E-state index is 0.0566. The van der Waals surface area contributed by atoms with Gasteiger partial charge in [0.1, 0.15) is 0 Å². The summed E-state index contributed by atoms with van der Waals surface area (Å²) in [4.78, 5) is 37.0. The van der Waals surface area contributed by atoms with Crippen molar-refractivity contribution in [2.75, 3.05) is 6.54 Å². The first-order valence-electron chi connectivity index (χ1n) is 9.57. The van der Waals surface area contributed by atoms with Crippen LogP contribution in [0.2, 0.25) is 0 Å². The highest BCUT2D eigenvalue weighted by Gasteiger charge is 2.54. The number of hydrogen-bond acceptors (Lipinski definition) is 3. The average Bonchev–Trinajstić information content (AvgIpc) is 2.63. The lowest BCUT2D eigenvalue weighted by Gasteiger charge is -2.55. The Morgan fingerprint density at radius 3 is 2.15 bits per heavy atom. The van der Waals surface area contributed by atoms with Gasteiger partial charge in [-0.25, -0.2) is 0 Å². The third-order valence-electron chi connectivity index (χ3n) is 6.36. The van der Waals surface area contributed by atoms with Crippen molar-refractivity contribution in [2.24, 2.45) is 23.2 Å². The lowest BCUT2D eigenvalue weighted by atomic mass is 9.49. The monoisotopic (exact) mass is 481 g/mol. The second-order valence-corrected chi connectivity index (χ2v) is 9.52. The molecule has 0 saturated heterocycles. The molecule has 3 amide bonds. The van der Waals surface area contributed by atoms with Crippen LogP contribution in [0, 0.1) is 26.7 Å². The van der Waals surface area contributed by atoms with Gasteiger partial charge in [-0.1, -0.05) is 12.1 Å². The molecule has 0 unspecified atom stereocenters. The number of carbonyl (C=O) groups excluding carboxylic acids is 3. The maximum absolute atomic E-state index is 12.8. The number of halogens is 1. The van der Waals surface area contributed by atoms with Crippen LogP contribution in [-0.4, -0.2) is 24.3 Å². The molecule has 3 N–H and O–H groups in total. The first-order chi connectivity index (χ1) is 12.9. The Hall–Kier alpha value is -1.64. The quantitative estimate of drug-likeness (QED) is 0.456. The number of amides is 3. The summed E-state index contributed by atoms with van der Waals surface area (Å²) >= 11 is 2.08. The number of rotatable bonds is 4. The molecule has 1 aromatic carbocycles. The van der Waals surface area contributed by atoms with Crippen molar-refractivity contribution < 1.29 is 14.4 Å². The Morgan fingerprint density at radius 2 is 1.56 bits per heavy atom. The smallest absolute Gasteiger partial charge is 0.257 e. The van der Waals surface area contributed by atoms with Crippen molar-refractivity contribution in [3.05, 3.63) is 33.4 Å². The highest BCUT2D eigenvalue weighted by Crippen LogP contribution is 2.59. The van der Waals surface area contributed by atoms with E-state index in [0.29, 0.717) is 23.3 Å². The number of hydrogen-bond donors (Lipinski definition) is 3. The predicted molar refractivity (Wildman–Crippen MR) is 108 cm³/mol. The van der Waals surface area contributed by atoms with E-state index < -0.39 is 5.91 Å². The van der Waals surface area contributed by atoms with Crippen LogP contribution >= 0.6 is 22.6 Å². The van der Waals surface area contributed by atoms with E-state index in [1.165, 1.54) is 19.3 Å². The Morgan fingerprint density at radius 1 is 0.963 bits per heavy atom. The predicted octanol–water partition coefficient (Wildman–Crippen LogP) is 2.38. The molecule has 0 spiro atoms. The molecule has 0 aliphatic heterocycles. The summed E-state index contributed by atoms with van der Waals surface area (Å²) < 4.78 is 0.822. The maximum atomic E-state index is 12.8. The van der Waals surface area contributed by atoms with Crippen LogP contribution in [0.1, 0.15) is 48.9 Å². The van der Waals surface area contributed by atoms with E-state index >= 15 is 0 Å². The van der Waals surface area contributed by atoms with Crippen molar-refractivity contribution in [1.82, 2.24) is 16.2 Å². The SMILES string of the molecule is O=C(CNC(=O)c1ccccc1I)NNC(=O)C12CC3CC(CC(C3)C1)C2. The van der Waals surface area contributed by atoms with Gasteiger partial charge in [-0.15, -0.1) is 0 Å². The molecule has 27 heavy (non-hydrogen) atoms. The number of benzene rings is 1. The largest absolute Gasteiger partial charge is 0.343 e. The summed E-state index contributed by atoms with van der Waals surface area (Å²) in [5.41, 5.74) is 5.33. The van der Waals surface area contributed by atoms with Gasteiger partial charge in [0.25, 0.3) is 11.8 Å². The molecule has 7 heteroatoms. The van der Waals surface area contributed by atoms with Crippen molar-refractivity contribution >= 4 is 40.3 Å². The zero-order chi connectivity index (χ0) is 19.0. The summed E-state index contributed by atoms with van der Waals surface area (Å²) in [6.07, 6.45) is 6.65. The fourth-order valence-electron chi connectivity index (χ4n) is 5.59. The van der Waals surface area contributed by atoms with E-state index in [4.69, 9.17) is 0 Å². The summed E-state index contributed by atoms with van der Waals surface area (Å²) in [6, 6.07) is 7.18. The van der Waals surface area contributed by atoms with Crippen LogP contribution in [0.4, 0.5) is 0 Å². The molecule has 5 rings (SSSR count). The van der Waals surface area contributed by atoms with Crippen molar-refractivity contribution in [2.45, 2.75) is 38.5 Å². The van der Waals surface area contributed by atoms with Gasteiger partial charge < -0.3 is 5.32 Å². The van der Waals surface area contributed by atoms with Crippen LogP contribution in [0.3, 0.4) is 0 Å². The lowest BCUT2D eigenvalue weighted by Crippen LogP contribution is -2.57. The molecule has 4 fully saturated rings. The summed E-state index contributed by atoms with van der Waals surface area (Å²) in [6.45, 7) is -0.176. The van der Waals surface area contributed by atoms with E-state index in [9.17, 15) is 14.4 Å². The van der Waals surface area contributed by atoms with Gasteiger partial charge >= 0.3 is 0 Å². The van der Waals surface area contributed by atoms with E-state index in [1.807, 2.05) is 12.1 Å². The highest BCUT2D eigenvalue weighted by atomic mass is 127. The summed E-state index contributed by atoms with van der Waals surface area (Å²) in [7, 11) is 0. The Bertz CT molecular complexity index is 744. The van der Waals surface area contributed by atoms with Crippen LogP contribution in [0.25, 0.3) is 0 Å². The summed E-state index contributed by atoms with van der Waals surface area (Å²) in [5, 5.41) is 2.59. The Balaban J connectivity index is 1.27. The molecule has 0 atom stereocenters. The molecule has 4 aliphatic carbocycles. The normalized spacial score (nSPS) is 30.6. The van der Waals surface area contributed by atoms with Gasteiger partial charge in [0.2, 0.25) is 5.91 Å². The topological polar surface area (TPSA) is 87.3 Å². The molecule has 1 aromatic rings. The minimum Gasteiger partial charge on any atom is -0.343 e. The zero-order valence-electron chi connectivity index (χ0n) is 15.1. The molecule has 144 valence electrons. The van der Waals surface area contributed by atoms with Crippen LogP contribution < -0.4 is 16.2 Å². The van der Waals surface area contributed by atoms with Crippen LogP contribution in [0.5, 0.6) is 0 Å². The van der Waals surface area contributed by atoms with Gasteiger partial charge in [0, 0.05) is 3.57 Å². The van der Waals surface area contributed by atoms with Gasteiger partial charge in [0.05, 0.1) is 17.5 Å². The molecule has 4 aliphatic rings.